The zero-order valence-corrected chi connectivity index (χ0v) is 15.4. The van der Waals surface area contributed by atoms with Gasteiger partial charge >= 0.3 is 0 Å². The van der Waals surface area contributed by atoms with Gasteiger partial charge in [0.05, 0.1) is 29.9 Å². The molecule has 0 spiro atoms. The SMILES string of the molecule is CC(C(=O)N1CCOCC1(C)C)N1C(=O)c2ccc(Br)cc2C1=O. The molecule has 2 heterocycles. The largest absolute Gasteiger partial charge is 0.377 e. The quantitative estimate of drug-likeness (QED) is 0.720. The molecule has 24 heavy (non-hydrogen) atoms. The molecule has 2 aliphatic rings. The fourth-order valence-electron chi connectivity index (χ4n) is 3.19. The minimum absolute atomic E-state index is 0.239. The number of ether oxygens (including phenoxy) is 1. The molecule has 1 fully saturated rings. The first-order valence-corrected chi connectivity index (χ1v) is 8.60. The van der Waals surface area contributed by atoms with Gasteiger partial charge in [0.25, 0.3) is 11.8 Å². The average Bonchev–Trinajstić information content (AvgIpc) is 2.76. The molecule has 0 N–H and O–H groups in total. The van der Waals surface area contributed by atoms with Crippen LogP contribution in [0.25, 0.3) is 0 Å². The van der Waals surface area contributed by atoms with Crippen molar-refractivity contribution in [2.24, 2.45) is 0 Å². The van der Waals surface area contributed by atoms with Crippen LogP contribution in [0.15, 0.2) is 22.7 Å². The summed E-state index contributed by atoms with van der Waals surface area (Å²) < 4.78 is 6.15. The summed E-state index contributed by atoms with van der Waals surface area (Å²) in [5, 5.41) is 0. The molecule has 1 unspecified atom stereocenters. The second-order valence-electron chi connectivity index (χ2n) is 6.70. The maximum Gasteiger partial charge on any atom is 0.262 e. The lowest BCUT2D eigenvalue weighted by molar-refractivity contribution is -0.150. The van der Waals surface area contributed by atoms with E-state index in [4.69, 9.17) is 4.74 Å². The van der Waals surface area contributed by atoms with E-state index in [1.165, 1.54) is 0 Å². The monoisotopic (exact) mass is 394 g/mol. The lowest BCUT2D eigenvalue weighted by atomic mass is 10.0. The number of imide groups is 1. The van der Waals surface area contributed by atoms with Crippen molar-refractivity contribution in [3.05, 3.63) is 33.8 Å². The lowest BCUT2D eigenvalue weighted by Gasteiger charge is -2.43. The van der Waals surface area contributed by atoms with Gasteiger partial charge in [0.15, 0.2) is 0 Å². The van der Waals surface area contributed by atoms with Crippen LogP contribution in [-0.4, -0.2) is 58.9 Å². The summed E-state index contributed by atoms with van der Waals surface area (Å²) in [6.07, 6.45) is 0. The highest BCUT2D eigenvalue weighted by molar-refractivity contribution is 9.10. The van der Waals surface area contributed by atoms with Crippen LogP contribution in [-0.2, 0) is 9.53 Å². The van der Waals surface area contributed by atoms with Crippen molar-refractivity contribution in [1.82, 2.24) is 9.80 Å². The minimum Gasteiger partial charge on any atom is -0.377 e. The van der Waals surface area contributed by atoms with E-state index in [1.54, 1.807) is 30.0 Å². The van der Waals surface area contributed by atoms with E-state index in [2.05, 4.69) is 15.9 Å². The molecule has 3 rings (SSSR count). The van der Waals surface area contributed by atoms with Gasteiger partial charge < -0.3 is 9.64 Å². The number of fused-ring (bicyclic) bond motifs is 1. The highest BCUT2D eigenvalue weighted by Crippen LogP contribution is 2.29. The molecule has 7 heteroatoms. The van der Waals surface area contributed by atoms with Crippen molar-refractivity contribution in [3.63, 3.8) is 0 Å². The van der Waals surface area contributed by atoms with Crippen molar-refractivity contribution in [2.75, 3.05) is 19.8 Å². The molecular weight excluding hydrogens is 376 g/mol. The van der Waals surface area contributed by atoms with E-state index < -0.39 is 23.4 Å². The topological polar surface area (TPSA) is 66.9 Å². The normalized spacial score (nSPS) is 21.0. The number of carbonyl (C=O) groups is 3. The van der Waals surface area contributed by atoms with Crippen molar-refractivity contribution in [2.45, 2.75) is 32.4 Å². The van der Waals surface area contributed by atoms with Gasteiger partial charge in [-0.15, -0.1) is 0 Å². The van der Waals surface area contributed by atoms with Crippen LogP contribution in [0.1, 0.15) is 41.5 Å². The number of halogens is 1. The Bertz CT molecular complexity index is 731. The predicted octanol–water partition coefficient (Wildman–Crippen LogP) is 2.07. The number of rotatable bonds is 2. The third kappa shape index (κ3) is 2.65. The van der Waals surface area contributed by atoms with Crippen LogP contribution in [0.2, 0.25) is 0 Å². The summed E-state index contributed by atoms with van der Waals surface area (Å²) in [4.78, 5) is 40.9. The summed E-state index contributed by atoms with van der Waals surface area (Å²) in [6.45, 7) is 6.76. The van der Waals surface area contributed by atoms with E-state index in [0.717, 1.165) is 9.37 Å². The molecule has 1 atom stereocenters. The first kappa shape index (κ1) is 17.1. The summed E-state index contributed by atoms with van der Waals surface area (Å²) in [7, 11) is 0. The molecule has 0 aromatic heterocycles. The summed E-state index contributed by atoms with van der Waals surface area (Å²) in [5.74, 6) is -1.09. The Labute approximate surface area is 148 Å². The number of benzene rings is 1. The molecule has 6 nitrogen and oxygen atoms in total. The molecule has 2 aliphatic heterocycles. The van der Waals surface area contributed by atoms with Crippen molar-refractivity contribution in [1.29, 1.82) is 0 Å². The summed E-state index contributed by atoms with van der Waals surface area (Å²) >= 11 is 3.30. The number of amides is 3. The van der Waals surface area contributed by atoms with E-state index in [1.807, 2.05) is 13.8 Å². The van der Waals surface area contributed by atoms with Crippen LogP contribution in [0.4, 0.5) is 0 Å². The Morgan fingerprint density at radius 3 is 2.58 bits per heavy atom. The molecular formula is C17H19BrN2O4. The highest BCUT2D eigenvalue weighted by Gasteiger charge is 2.44. The van der Waals surface area contributed by atoms with Gasteiger partial charge in [-0.1, -0.05) is 15.9 Å². The molecule has 0 bridgehead atoms. The Balaban J connectivity index is 1.88. The van der Waals surface area contributed by atoms with Gasteiger partial charge in [-0.2, -0.15) is 0 Å². The minimum atomic E-state index is -0.853. The second kappa shape index (κ2) is 5.97. The summed E-state index contributed by atoms with van der Waals surface area (Å²) in [6, 6.07) is 4.08. The third-order valence-corrected chi connectivity index (χ3v) is 5.03. The number of hydrogen-bond acceptors (Lipinski definition) is 4. The average molecular weight is 395 g/mol. The van der Waals surface area contributed by atoms with Gasteiger partial charge in [0.2, 0.25) is 5.91 Å². The fraction of sp³-hybridized carbons (Fsp3) is 0.471. The van der Waals surface area contributed by atoms with Gasteiger partial charge in [-0.05, 0) is 39.0 Å². The lowest BCUT2D eigenvalue weighted by Crippen LogP contribution is -2.60. The zero-order valence-electron chi connectivity index (χ0n) is 13.8. The number of hydrogen-bond donors (Lipinski definition) is 0. The Kier molecular flexibility index (Phi) is 4.25. The van der Waals surface area contributed by atoms with Crippen LogP contribution >= 0.6 is 15.9 Å². The number of morpholine rings is 1. The molecule has 0 aliphatic carbocycles. The van der Waals surface area contributed by atoms with Crippen molar-refractivity contribution in [3.8, 4) is 0 Å². The molecule has 0 saturated carbocycles. The maximum absolute atomic E-state index is 12.9. The number of carbonyl (C=O) groups excluding carboxylic acids is 3. The van der Waals surface area contributed by atoms with Gasteiger partial charge in [-0.3, -0.25) is 19.3 Å². The molecule has 1 saturated heterocycles. The predicted molar refractivity (Wildman–Crippen MR) is 90.7 cm³/mol. The maximum atomic E-state index is 12.9. The summed E-state index contributed by atoms with van der Waals surface area (Å²) in [5.41, 5.74) is 0.199. The Morgan fingerprint density at radius 2 is 1.92 bits per heavy atom. The first-order valence-electron chi connectivity index (χ1n) is 7.81. The van der Waals surface area contributed by atoms with E-state index in [9.17, 15) is 14.4 Å². The van der Waals surface area contributed by atoms with Crippen LogP contribution in [0.3, 0.4) is 0 Å². The van der Waals surface area contributed by atoms with Crippen LogP contribution in [0.5, 0.6) is 0 Å². The fourth-order valence-corrected chi connectivity index (χ4v) is 3.55. The van der Waals surface area contributed by atoms with E-state index >= 15 is 0 Å². The van der Waals surface area contributed by atoms with E-state index in [0.29, 0.717) is 30.9 Å². The Morgan fingerprint density at radius 1 is 1.25 bits per heavy atom. The molecule has 1 aromatic rings. The molecule has 1 aromatic carbocycles. The molecule has 3 amide bonds. The van der Waals surface area contributed by atoms with Gasteiger partial charge in [0, 0.05) is 11.0 Å². The van der Waals surface area contributed by atoms with Crippen LogP contribution < -0.4 is 0 Å². The van der Waals surface area contributed by atoms with E-state index in [-0.39, 0.29) is 5.91 Å². The highest BCUT2D eigenvalue weighted by atomic mass is 79.9. The first-order chi connectivity index (χ1) is 11.2. The van der Waals surface area contributed by atoms with Crippen molar-refractivity contribution >= 4 is 33.7 Å². The zero-order chi connectivity index (χ0) is 17.6. The van der Waals surface area contributed by atoms with Gasteiger partial charge in [-0.25, -0.2) is 0 Å². The van der Waals surface area contributed by atoms with Gasteiger partial charge in [0.1, 0.15) is 6.04 Å². The molecule has 0 radical (unpaired) electrons. The smallest absolute Gasteiger partial charge is 0.262 e. The standard InChI is InChI=1S/C17H19BrN2O4/c1-10(14(21)19-6-7-24-9-17(19,2)3)20-15(22)12-5-4-11(18)8-13(12)16(20)23/h4-5,8,10H,6-7,9H2,1-3H3. The molecule has 128 valence electrons. The van der Waals surface area contributed by atoms with Crippen molar-refractivity contribution < 1.29 is 19.1 Å². The van der Waals surface area contributed by atoms with Crippen LogP contribution in [0, 0.1) is 0 Å². The second-order valence-corrected chi connectivity index (χ2v) is 7.62. The Hall–Kier alpha value is -1.73. The number of nitrogens with zero attached hydrogens (tertiary/aromatic N) is 2. The third-order valence-electron chi connectivity index (χ3n) is 4.54.